The van der Waals surface area contributed by atoms with Crippen molar-refractivity contribution in [3.8, 4) is 0 Å². The highest BCUT2D eigenvalue weighted by Crippen LogP contribution is 2.16. The summed E-state index contributed by atoms with van der Waals surface area (Å²) in [7, 11) is 0. The van der Waals surface area contributed by atoms with Gasteiger partial charge in [0.15, 0.2) is 0 Å². The van der Waals surface area contributed by atoms with Gasteiger partial charge in [0.25, 0.3) is 0 Å². The quantitative estimate of drug-likeness (QED) is 0.736. The van der Waals surface area contributed by atoms with E-state index in [0.717, 1.165) is 22.5 Å². The number of rotatable bonds is 3. The molecule has 2 aromatic rings. The molecule has 19 heavy (non-hydrogen) atoms. The molecular weight excluding hydrogens is 238 g/mol. The lowest BCUT2D eigenvalue weighted by Crippen LogP contribution is -2.33. The number of para-hydroxylation sites is 1. The predicted molar refractivity (Wildman–Crippen MR) is 78.1 cm³/mol. The van der Waals surface area contributed by atoms with E-state index in [1.54, 1.807) is 0 Å². The SMILES string of the molecule is Cc1ccc(C)c(NC(=O)NNc2ccccc2)c1. The summed E-state index contributed by atoms with van der Waals surface area (Å²) in [5.41, 5.74) is 9.21. The van der Waals surface area contributed by atoms with Gasteiger partial charge < -0.3 is 5.32 Å². The summed E-state index contributed by atoms with van der Waals surface area (Å²) in [6.07, 6.45) is 0. The van der Waals surface area contributed by atoms with Crippen molar-refractivity contribution >= 4 is 17.4 Å². The topological polar surface area (TPSA) is 53.2 Å². The van der Waals surface area contributed by atoms with E-state index < -0.39 is 0 Å². The number of carbonyl (C=O) groups is 1. The van der Waals surface area contributed by atoms with Crippen molar-refractivity contribution in [2.75, 3.05) is 10.7 Å². The second kappa shape index (κ2) is 5.91. The largest absolute Gasteiger partial charge is 0.337 e. The smallest absolute Gasteiger partial charge is 0.306 e. The second-order valence-electron chi connectivity index (χ2n) is 4.39. The van der Waals surface area contributed by atoms with Crippen LogP contribution in [0.1, 0.15) is 11.1 Å². The summed E-state index contributed by atoms with van der Waals surface area (Å²) in [4.78, 5) is 11.8. The highest BCUT2D eigenvalue weighted by atomic mass is 16.2. The summed E-state index contributed by atoms with van der Waals surface area (Å²) in [6, 6.07) is 15.1. The fourth-order valence-corrected chi connectivity index (χ4v) is 1.67. The molecule has 0 aliphatic rings. The summed E-state index contributed by atoms with van der Waals surface area (Å²) >= 11 is 0. The van der Waals surface area contributed by atoms with Gasteiger partial charge in [-0.3, -0.25) is 10.9 Å². The third-order valence-electron chi connectivity index (χ3n) is 2.74. The van der Waals surface area contributed by atoms with E-state index in [4.69, 9.17) is 0 Å². The number of carbonyl (C=O) groups excluding carboxylic acids is 1. The van der Waals surface area contributed by atoms with E-state index in [-0.39, 0.29) is 6.03 Å². The third-order valence-corrected chi connectivity index (χ3v) is 2.74. The van der Waals surface area contributed by atoms with Crippen LogP contribution >= 0.6 is 0 Å². The van der Waals surface area contributed by atoms with Crippen LogP contribution in [0.2, 0.25) is 0 Å². The Balaban J connectivity index is 1.93. The Morgan fingerprint density at radius 2 is 1.74 bits per heavy atom. The highest BCUT2D eigenvalue weighted by Gasteiger charge is 2.03. The normalized spacial score (nSPS) is 9.79. The molecule has 0 fully saturated rings. The number of benzene rings is 2. The molecule has 0 aromatic heterocycles. The summed E-state index contributed by atoms with van der Waals surface area (Å²) in [5, 5.41) is 2.81. The van der Waals surface area contributed by atoms with Gasteiger partial charge in [0, 0.05) is 5.69 Å². The van der Waals surface area contributed by atoms with Gasteiger partial charge in [0.1, 0.15) is 0 Å². The van der Waals surface area contributed by atoms with E-state index in [2.05, 4.69) is 16.2 Å². The van der Waals surface area contributed by atoms with Gasteiger partial charge in [-0.2, -0.15) is 0 Å². The monoisotopic (exact) mass is 255 g/mol. The van der Waals surface area contributed by atoms with Crippen molar-refractivity contribution in [3.63, 3.8) is 0 Å². The third kappa shape index (κ3) is 3.74. The van der Waals surface area contributed by atoms with Crippen molar-refractivity contribution in [2.45, 2.75) is 13.8 Å². The summed E-state index contributed by atoms with van der Waals surface area (Å²) < 4.78 is 0. The van der Waals surface area contributed by atoms with E-state index in [1.807, 2.05) is 62.4 Å². The Labute approximate surface area is 112 Å². The standard InChI is InChI=1S/C15H17N3O/c1-11-8-9-12(2)14(10-11)16-15(19)18-17-13-6-4-3-5-7-13/h3-10,17H,1-2H3,(H2,16,18,19). The predicted octanol–water partition coefficient (Wildman–Crippen LogP) is 3.45. The zero-order valence-corrected chi connectivity index (χ0v) is 11.0. The molecule has 0 aliphatic carbocycles. The minimum Gasteiger partial charge on any atom is -0.306 e. The minimum absolute atomic E-state index is 0.294. The van der Waals surface area contributed by atoms with Gasteiger partial charge in [0.05, 0.1) is 5.69 Å². The maximum absolute atomic E-state index is 11.8. The van der Waals surface area contributed by atoms with Crippen LogP contribution in [0.4, 0.5) is 16.2 Å². The van der Waals surface area contributed by atoms with Crippen LogP contribution in [0.15, 0.2) is 48.5 Å². The van der Waals surface area contributed by atoms with Gasteiger partial charge >= 0.3 is 6.03 Å². The molecule has 4 nitrogen and oxygen atoms in total. The zero-order valence-electron chi connectivity index (χ0n) is 11.0. The lowest BCUT2D eigenvalue weighted by Gasteiger charge is -2.12. The number of amides is 2. The van der Waals surface area contributed by atoms with Crippen molar-refractivity contribution in [3.05, 3.63) is 59.7 Å². The van der Waals surface area contributed by atoms with E-state index >= 15 is 0 Å². The second-order valence-corrected chi connectivity index (χ2v) is 4.39. The van der Waals surface area contributed by atoms with Gasteiger partial charge in [-0.25, -0.2) is 4.79 Å². The molecular formula is C15H17N3O. The van der Waals surface area contributed by atoms with Crippen LogP contribution in [0.3, 0.4) is 0 Å². The Morgan fingerprint density at radius 3 is 2.47 bits per heavy atom. The Morgan fingerprint density at radius 1 is 1.00 bits per heavy atom. The maximum atomic E-state index is 11.8. The molecule has 0 spiro atoms. The van der Waals surface area contributed by atoms with Crippen LogP contribution in [-0.2, 0) is 0 Å². The van der Waals surface area contributed by atoms with Gasteiger partial charge in [-0.05, 0) is 43.2 Å². The van der Waals surface area contributed by atoms with Crippen LogP contribution in [0.25, 0.3) is 0 Å². The van der Waals surface area contributed by atoms with Gasteiger partial charge in [0.2, 0.25) is 0 Å². The molecule has 98 valence electrons. The Bertz CT molecular complexity index is 567. The molecule has 0 bridgehead atoms. The first-order valence-electron chi connectivity index (χ1n) is 6.10. The molecule has 0 heterocycles. The minimum atomic E-state index is -0.294. The fourth-order valence-electron chi connectivity index (χ4n) is 1.67. The molecule has 0 saturated heterocycles. The molecule has 0 radical (unpaired) electrons. The lowest BCUT2D eigenvalue weighted by atomic mass is 10.1. The number of aryl methyl sites for hydroxylation is 2. The molecule has 0 saturated carbocycles. The van der Waals surface area contributed by atoms with Crippen LogP contribution in [-0.4, -0.2) is 6.03 Å². The number of hydrogen-bond acceptors (Lipinski definition) is 2. The van der Waals surface area contributed by atoms with Crippen molar-refractivity contribution in [1.29, 1.82) is 0 Å². The van der Waals surface area contributed by atoms with E-state index in [1.165, 1.54) is 0 Å². The highest BCUT2D eigenvalue weighted by molar-refractivity contribution is 5.90. The molecule has 2 aromatic carbocycles. The average Bonchev–Trinajstić information content (AvgIpc) is 2.42. The molecule has 2 rings (SSSR count). The lowest BCUT2D eigenvalue weighted by molar-refractivity contribution is 0.254. The molecule has 4 heteroatoms. The van der Waals surface area contributed by atoms with Crippen molar-refractivity contribution < 1.29 is 4.79 Å². The van der Waals surface area contributed by atoms with Crippen molar-refractivity contribution in [2.24, 2.45) is 0 Å². The zero-order chi connectivity index (χ0) is 13.7. The number of urea groups is 1. The summed E-state index contributed by atoms with van der Waals surface area (Å²) in [5.74, 6) is 0. The van der Waals surface area contributed by atoms with Crippen LogP contribution in [0.5, 0.6) is 0 Å². The van der Waals surface area contributed by atoms with Crippen LogP contribution in [0, 0.1) is 13.8 Å². The number of anilines is 2. The fraction of sp³-hybridized carbons (Fsp3) is 0.133. The van der Waals surface area contributed by atoms with Gasteiger partial charge in [-0.15, -0.1) is 0 Å². The van der Waals surface area contributed by atoms with E-state index in [0.29, 0.717) is 0 Å². The first kappa shape index (κ1) is 13.0. The van der Waals surface area contributed by atoms with Crippen molar-refractivity contribution in [1.82, 2.24) is 5.43 Å². The molecule has 3 N–H and O–H groups in total. The first-order chi connectivity index (χ1) is 9.15. The Kier molecular flexibility index (Phi) is 4.03. The maximum Gasteiger partial charge on any atom is 0.337 e. The number of nitrogens with one attached hydrogen (secondary N) is 3. The number of hydrazine groups is 1. The molecule has 0 aliphatic heterocycles. The van der Waals surface area contributed by atoms with Crippen LogP contribution < -0.4 is 16.2 Å². The summed E-state index contributed by atoms with van der Waals surface area (Å²) in [6.45, 7) is 3.95. The first-order valence-corrected chi connectivity index (χ1v) is 6.10. The number of hydrogen-bond donors (Lipinski definition) is 3. The Hall–Kier alpha value is -2.49. The van der Waals surface area contributed by atoms with Gasteiger partial charge in [-0.1, -0.05) is 30.3 Å². The average molecular weight is 255 g/mol. The molecule has 2 amide bonds. The molecule has 0 unspecified atom stereocenters. The van der Waals surface area contributed by atoms with E-state index in [9.17, 15) is 4.79 Å². The molecule has 0 atom stereocenters.